The van der Waals surface area contributed by atoms with Gasteiger partial charge in [0, 0.05) is 24.4 Å². The average molecular weight is 272 g/mol. The second kappa shape index (κ2) is 4.80. The molecule has 102 valence electrons. The number of nitro groups is 1. The fraction of sp³-hybridized carbons (Fsp3) is 0.214. The van der Waals surface area contributed by atoms with Gasteiger partial charge in [-0.3, -0.25) is 14.9 Å². The van der Waals surface area contributed by atoms with Gasteiger partial charge in [-0.1, -0.05) is 0 Å². The number of nitro benzene ring substituents is 1. The first-order valence-corrected chi connectivity index (χ1v) is 6.29. The molecule has 6 heteroatoms. The standard InChI is InChI=1S/C14H12N2O4/c17-14(13-4-2-8-20-13)15-7-1-3-10-9-11(16(18)19)5-6-12(10)15/h2,4-6,8-9H,1,3,7H2. The molecule has 1 aromatic carbocycles. The smallest absolute Gasteiger partial charge is 0.293 e. The maximum Gasteiger partial charge on any atom is 0.293 e. The number of non-ortho nitro benzene ring substituents is 1. The number of carbonyl (C=O) groups excluding carboxylic acids is 1. The van der Waals surface area contributed by atoms with E-state index in [0.29, 0.717) is 6.54 Å². The number of benzene rings is 1. The SMILES string of the molecule is O=C(c1ccco1)N1CCCc2cc([N+](=O)[O-])ccc21. The van der Waals surface area contributed by atoms with Crippen LogP contribution < -0.4 is 4.90 Å². The molecule has 0 saturated heterocycles. The zero-order valence-electron chi connectivity index (χ0n) is 10.6. The molecular weight excluding hydrogens is 260 g/mol. The van der Waals surface area contributed by atoms with Gasteiger partial charge in [-0.05, 0) is 36.6 Å². The summed E-state index contributed by atoms with van der Waals surface area (Å²) in [6, 6.07) is 7.87. The van der Waals surface area contributed by atoms with E-state index in [-0.39, 0.29) is 17.4 Å². The van der Waals surface area contributed by atoms with Crippen molar-refractivity contribution < 1.29 is 14.1 Å². The number of hydrogen-bond acceptors (Lipinski definition) is 4. The van der Waals surface area contributed by atoms with Crippen molar-refractivity contribution in [2.75, 3.05) is 11.4 Å². The highest BCUT2D eigenvalue weighted by Crippen LogP contribution is 2.31. The van der Waals surface area contributed by atoms with E-state index in [0.717, 1.165) is 24.1 Å². The molecule has 0 unspecified atom stereocenters. The number of fused-ring (bicyclic) bond motifs is 1. The predicted octanol–water partition coefficient (Wildman–Crippen LogP) is 2.78. The lowest BCUT2D eigenvalue weighted by molar-refractivity contribution is -0.384. The lowest BCUT2D eigenvalue weighted by Crippen LogP contribution is -2.35. The first-order valence-electron chi connectivity index (χ1n) is 6.29. The van der Waals surface area contributed by atoms with Crippen LogP contribution in [0.5, 0.6) is 0 Å². The monoisotopic (exact) mass is 272 g/mol. The van der Waals surface area contributed by atoms with Crippen LogP contribution in [0.3, 0.4) is 0 Å². The zero-order valence-corrected chi connectivity index (χ0v) is 10.6. The lowest BCUT2D eigenvalue weighted by Gasteiger charge is -2.28. The van der Waals surface area contributed by atoms with Gasteiger partial charge in [0.25, 0.3) is 11.6 Å². The maximum absolute atomic E-state index is 12.3. The second-order valence-corrected chi connectivity index (χ2v) is 4.61. The summed E-state index contributed by atoms with van der Waals surface area (Å²) >= 11 is 0. The molecular formula is C14H12N2O4. The van der Waals surface area contributed by atoms with Crippen molar-refractivity contribution in [3.63, 3.8) is 0 Å². The molecule has 0 aliphatic carbocycles. The summed E-state index contributed by atoms with van der Waals surface area (Å²) in [6.07, 6.45) is 2.97. The summed E-state index contributed by atoms with van der Waals surface area (Å²) in [7, 11) is 0. The van der Waals surface area contributed by atoms with Crippen molar-refractivity contribution >= 4 is 17.3 Å². The van der Waals surface area contributed by atoms with E-state index in [1.165, 1.54) is 18.4 Å². The molecule has 1 aliphatic heterocycles. The lowest BCUT2D eigenvalue weighted by atomic mass is 10.0. The first kappa shape index (κ1) is 12.4. The fourth-order valence-electron chi connectivity index (χ4n) is 2.44. The van der Waals surface area contributed by atoms with Crippen molar-refractivity contribution in [3.8, 4) is 0 Å². The highest BCUT2D eigenvalue weighted by Gasteiger charge is 2.26. The highest BCUT2D eigenvalue weighted by molar-refractivity contribution is 6.05. The zero-order chi connectivity index (χ0) is 14.1. The third-order valence-electron chi connectivity index (χ3n) is 3.37. The van der Waals surface area contributed by atoms with E-state index in [1.54, 1.807) is 23.1 Å². The van der Waals surface area contributed by atoms with E-state index >= 15 is 0 Å². The topological polar surface area (TPSA) is 76.6 Å². The normalized spacial score (nSPS) is 13.9. The van der Waals surface area contributed by atoms with Gasteiger partial charge >= 0.3 is 0 Å². The van der Waals surface area contributed by atoms with E-state index in [1.807, 2.05) is 0 Å². The molecule has 1 amide bonds. The first-order chi connectivity index (χ1) is 9.66. The van der Waals surface area contributed by atoms with Crippen LogP contribution >= 0.6 is 0 Å². The molecule has 0 atom stereocenters. The second-order valence-electron chi connectivity index (χ2n) is 4.61. The molecule has 2 aromatic rings. The third kappa shape index (κ3) is 2.05. The van der Waals surface area contributed by atoms with Gasteiger partial charge in [0.15, 0.2) is 5.76 Å². The van der Waals surface area contributed by atoms with Crippen LogP contribution in [0.15, 0.2) is 41.0 Å². The van der Waals surface area contributed by atoms with Gasteiger partial charge < -0.3 is 9.32 Å². The number of aryl methyl sites for hydroxylation is 1. The van der Waals surface area contributed by atoms with E-state index in [4.69, 9.17) is 4.42 Å². The molecule has 0 spiro atoms. The van der Waals surface area contributed by atoms with Crippen LogP contribution in [-0.4, -0.2) is 17.4 Å². The summed E-state index contributed by atoms with van der Waals surface area (Å²) in [6.45, 7) is 0.588. The Kier molecular flexibility index (Phi) is 2.98. The summed E-state index contributed by atoms with van der Waals surface area (Å²) in [5.41, 5.74) is 1.60. The van der Waals surface area contributed by atoms with E-state index in [2.05, 4.69) is 0 Å². The summed E-state index contributed by atoms with van der Waals surface area (Å²) in [5.74, 6) is 0.0565. The van der Waals surface area contributed by atoms with Crippen LogP contribution in [0, 0.1) is 10.1 Å². The van der Waals surface area contributed by atoms with Crippen LogP contribution in [-0.2, 0) is 6.42 Å². The van der Waals surface area contributed by atoms with Crippen LogP contribution in [0.1, 0.15) is 22.5 Å². The molecule has 2 heterocycles. The van der Waals surface area contributed by atoms with Crippen molar-refractivity contribution in [1.29, 1.82) is 0 Å². The number of anilines is 1. The molecule has 1 aliphatic rings. The number of hydrogen-bond donors (Lipinski definition) is 0. The van der Waals surface area contributed by atoms with E-state index in [9.17, 15) is 14.9 Å². The molecule has 3 rings (SSSR count). The quantitative estimate of drug-likeness (QED) is 0.622. The van der Waals surface area contributed by atoms with Crippen LogP contribution in [0.2, 0.25) is 0 Å². The largest absolute Gasteiger partial charge is 0.459 e. The molecule has 20 heavy (non-hydrogen) atoms. The predicted molar refractivity (Wildman–Crippen MR) is 71.8 cm³/mol. The molecule has 1 aromatic heterocycles. The summed E-state index contributed by atoms with van der Waals surface area (Å²) in [4.78, 5) is 24.3. The Morgan fingerprint density at radius 2 is 2.20 bits per heavy atom. The highest BCUT2D eigenvalue weighted by atomic mass is 16.6. The Balaban J connectivity index is 1.98. The minimum atomic E-state index is -0.423. The van der Waals surface area contributed by atoms with Crippen molar-refractivity contribution in [3.05, 3.63) is 58.0 Å². The Labute approximate surface area is 114 Å². The Morgan fingerprint density at radius 1 is 1.35 bits per heavy atom. The molecule has 0 radical (unpaired) electrons. The van der Waals surface area contributed by atoms with Gasteiger partial charge in [-0.25, -0.2) is 0 Å². The molecule has 0 N–H and O–H groups in total. The molecule has 6 nitrogen and oxygen atoms in total. The minimum Gasteiger partial charge on any atom is -0.459 e. The van der Waals surface area contributed by atoms with Crippen molar-refractivity contribution in [2.24, 2.45) is 0 Å². The number of nitrogens with zero attached hydrogens (tertiary/aromatic N) is 2. The van der Waals surface area contributed by atoms with Crippen LogP contribution in [0.4, 0.5) is 11.4 Å². The van der Waals surface area contributed by atoms with E-state index < -0.39 is 4.92 Å². The Morgan fingerprint density at radius 3 is 2.90 bits per heavy atom. The number of carbonyl (C=O) groups is 1. The minimum absolute atomic E-state index is 0.0519. The summed E-state index contributed by atoms with van der Waals surface area (Å²) in [5, 5.41) is 10.8. The fourth-order valence-corrected chi connectivity index (χ4v) is 2.44. The molecule has 0 fully saturated rings. The van der Waals surface area contributed by atoms with Gasteiger partial charge in [-0.15, -0.1) is 0 Å². The van der Waals surface area contributed by atoms with Gasteiger partial charge in [-0.2, -0.15) is 0 Å². The Bertz CT molecular complexity index is 664. The summed E-state index contributed by atoms with van der Waals surface area (Å²) < 4.78 is 5.13. The van der Waals surface area contributed by atoms with Gasteiger partial charge in [0.1, 0.15) is 0 Å². The third-order valence-corrected chi connectivity index (χ3v) is 3.37. The number of amides is 1. The molecule has 0 saturated carbocycles. The Hall–Kier alpha value is -2.63. The van der Waals surface area contributed by atoms with Crippen molar-refractivity contribution in [2.45, 2.75) is 12.8 Å². The molecule has 0 bridgehead atoms. The maximum atomic E-state index is 12.3. The van der Waals surface area contributed by atoms with Gasteiger partial charge in [0.05, 0.1) is 11.2 Å². The van der Waals surface area contributed by atoms with Crippen LogP contribution in [0.25, 0.3) is 0 Å². The number of furan rings is 1. The van der Waals surface area contributed by atoms with Crippen molar-refractivity contribution in [1.82, 2.24) is 0 Å². The average Bonchev–Trinajstić information content (AvgIpc) is 2.99. The van der Waals surface area contributed by atoms with Gasteiger partial charge in [0.2, 0.25) is 0 Å². The number of rotatable bonds is 2.